The number of carbonyl (C=O) groups excluding carboxylic acids is 1. The van der Waals surface area contributed by atoms with Crippen LogP contribution in [0.25, 0.3) is 10.2 Å². The van der Waals surface area contributed by atoms with E-state index in [-0.39, 0.29) is 5.97 Å². The van der Waals surface area contributed by atoms with Gasteiger partial charge >= 0.3 is 5.97 Å². The molecule has 1 N–H and O–H groups in total. The first-order valence-corrected chi connectivity index (χ1v) is 6.56. The molecule has 0 fully saturated rings. The first-order valence-electron chi connectivity index (χ1n) is 5.68. The van der Waals surface area contributed by atoms with E-state index in [9.17, 15) is 4.79 Å². The van der Waals surface area contributed by atoms with Gasteiger partial charge in [-0.2, -0.15) is 0 Å². The highest BCUT2D eigenvalue weighted by atomic mass is 32.1. The Morgan fingerprint density at radius 2 is 2.28 bits per heavy atom. The van der Waals surface area contributed by atoms with Gasteiger partial charge < -0.3 is 10.1 Å². The van der Waals surface area contributed by atoms with Crippen LogP contribution >= 0.6 is 11.3 Å². The summed E-state index contributed by atoms with van der Waals surface area (Å²) in [6.45, 7) is 4.25. The SMILES string of the molecule is COC(=O)C(C)(C)CNc1ccc2ncsc2c1. The molecule has 4 nitrogen and oxygen atoms in total. The molecule has 0 unspecified atom stereocenters. The molecule has 0 aliphatic rings. The van der Waals surface area contributed by atoms with Gasteiger partial charge in [-0.25, -0.2) is 4.98 Å². The van der Waals surface area contributed by atoms with Gasteiger partial charge in [-0.3, -0.25) is 4.79 Å². The lowest BCUT2D eigenvalue weighted by molar-refractivity contribution is -0.149. The summed E-state index contributed by atoms with van der Waals surface area (Å²) in [6, 6.07) is 5.98. The predicted octanol–water partition coefficient (Wildman–Crippen LogP) is 2.91. The summed E-state index contributed by atoms with van der Waals surface area (Å²) < 4.78 is 5.91. The number of methoxy groups -OCH3 is 1. The largest absolute Gasteiger partial charge is 0.469 e. The molecule has 18 heavy (non-hydrogen) atoms. The fourth-order valence-corrected chi connectivity index (χ4v) is 2.35. The molecule has 1 heterocycles. The molecule has 0 saturated heterocycles. The van der Waals surface area contributed by atoms with Crippen molar-refractivity contribution in [2.75, 3.05) is 19.0 Å². The second-order valence-electron chi connectivity index (χ2n) is 4.76. The van der Waals surface area contributed by atoms with Gasteiger partial charge in [-0.1, -0.05) is 0 Å². The van der Waals surface area contributed by atoms with E-state index in [0.29, 0.717) is 6.54 Å². The van der Waals surface area contributed by atoms with Crippen LogP contribution in [-0.4, -0.2) is 24.6 Å². The second-order valence-corrected chi connectivity index (χ2v) is 5.65. The van der Waals surface area contributed by atoms with E-state index >= 15 is 0 Å². The number of carbonyl (C=O) groups is 1. The standard InChI is InChI=1S/C13H16N2O2S/c1-13(2,12(16)17-3)7-14-9-4-5-10-11(6-9)18-8-15-10/h4-6,8,14H,7H2,1-3H3. The molecule has 0 bridgehead atoms. The minimum atomic E-state index is -0.544. The number of hydrogen-bond donors (Lipinski definition) is 1. The lowest BCUT2D eigenvalue weighted by atomic mass is 9.93. The van der Waals surface area contributed by atoms with Gasteiger partial charge in [-0.05, 0) is 32.0 Å². The van der Waals surface area contributed by atoms with E-state index in [1.807, 2.05) is 37.6 Å². The van der Waals surface area contributed by atoms with Gasteiger partial charge in [0.25, 0.3) is 0 Å². The normalized spacial score (nSPS) is 11.5. The van der Waals surface area contributed by atoms with Crippen molar-refractivity contribution in [2.45, 2.75) is 13.8 Å². The quantitative estimate of drug-likeness (QED) is 0.863. The Labute approximate surface area is 110 Å². The topological polar surface area (TPSA) is 51.2 Å². The summed E-state index contributed by atoms with van der Waals surface area (Å²) in [7, 11) is 1.41. The van der Waals surface area contributed by atoms with Crippen molar-refractivity contribution in [1.82, 2.24) is 4.98 Å². The number of thiazole rings is 1. The summed E-state index contributed by atoms with van der Waals surface area (Å²) in [5.41, 5.74) is 3.27. The van der Waals surface area contributed by atoms with E-state index in [1.54, 1.807) is 11.3 Å². The molecule has 1 aromatic heterocycles. The molecule has 1 aromatic carbocycles. The number of anilines is 1. The zero-order valence-electron chi connectivity index (χ0n) is 10.7. The Morgan fingerprint density at radius 1 is 1.50 bits per heavy atom. The average molecular weight is 264 g/mol. The maximum absolute atomic E-state index is 11.6. The van der Waals surface area contributed by atoms with E-state index in [1.165, 1.54) is 7.11 Å². The van der Waals surface area contributed by atoms with Crippen molar-refractivity contribution in [3.05, 3.63) is 23.7 Å². The molecule has 0 aliphatic heterocycles. The molecule has 5 heteroatoms. The van der Waals surface area contributed by atoms with Crippen LogP contribution < -0.4 is 5.32 Å². The van der Waals surface area contributed by atoms with Crippen LogP contribution in [0.3, 0.4) is 0 Å². The first kappa shape index (κ1) is 12.8. The number of hydrogen-bond acceptors (Lipinski definition) is 5. The molecular weight excluding hydrogens is 248 g/mol. The molecule has 0 amide bonds. The third-order valence-corrected chi connectivity index (χ3v) is 3.60. The van der Waals surface area contributed by atoms with Crippen LogP contribution in [-0.2, 0) is 9.53 Å². The minimum Gasteiger partial charge on any atom is -0.469 e. The number of aromatic nitrogens is 1. The van der Waals surface area contributed by atoms with E-state index in [4.69, 9.17) is 4.74 Å². The van der Waals surface area contributed by atoms with Gasteiger partial charge in [0.2, 0.25) is 0 Å². The van der Waals surface area contributed by atoms with Gasteiger partial charge in [0.05, 0.1) is 28.3 Å². The number of benzene rings is 1. The van der Waals surface area contributed by atoms with Crippen LogP contribution in [0.4, 0.5) is 5.69 Å². The Bertz CT molecular complexity index is 563. The third-order valence-electron chi connectivity index (χ3n) is 2.80. The summed E-state index contributed by atoms with van der Waals surface area (Å²) in [5, 5.41) is 3.26. The number of nitrogens with one attached hydrogen (secondary N) is 1. The van der Waals surface area contributed by atoms with Crippen molar-refractivity contribution in [3.8, 4) is 0 Å². The molecule has 0 spiro atoms. The maximum atomic E-state index is 11.6. The zero-order valence-corrected chi connectivity index (χ0v) is 11.5. The molecule has 96 valence electrons. The lowest BCUT2D eigenvalue weighted by Gasteiger charge is -2.22. The molecular formula is C13H16N2O2S. The van der Waals surface area contributed by atoms with E-state index < -0.39 is 5.41 Å². The second kappa shape index (κ2) is 4.94. The summed E-state index contributed by atoms with van der Waals surface area (Å²) >= 11 is 1.60. The molecule has 0 radical (unpaired) electrons. The maximum Gasteiger partial charge on any atom is 0.313 e. The molecule has 0 saturated carbocycles. The number of fused-ring (bicyclic) bond motifs is 1. The van der Waals surface area contributed by atoms with Crippen LogP contribution in [0.2, 0.25) is 0 Å². The number of nitrogens with zero attached hydrogens (tertiary/aromatic N) is 1. The summed E-state index contributed by atoms with van der Waals surface area (Å²) in [4.78, 5) is 15.8. The summed E-state index contributed by atoms with van der Waals surface area (Å²) in [5.74, 6) is -0.214. The first-order chi connectivity index (χ1) is 8.53. The highest BCUT2D eigenvalue weighted by molar-refractivity contribution is 7.16. The van der Waals surface area contributed by atoms with Crippen molar-refractivity contribution < 1.29 is 9.53 Å². The van der Waals surface area contributed by atoms with Crippen molar-refractivity contribution in [1.29, 1.82) is 0 Å². The summed E-state index contributed by atoms with van der Waals surface area (Å²) in [6.07, 6.45) is 0. The number of esters is 1. The molecule has 2 aromatic rings. The highest BCUT2D eigenvalue weighted by Crippen LogP contribution is 2.23. The van der Waals surface area contributed by atoms with E-state index in [0.717, 1.165) is 15.9 Å². The van der Waals surface area contributed by atoms with Gasteiger partial charge in [0.1, 0.15) is 0 Å². The Hall–Kier alpha value is -1.62. The van der Waals surface area contributed by atoms with Crippen LogP contribution in [0.5, 0.6) is 0 Å². The van der Waals surface area contributed by atoms with Crippen molar-refractivity contribution >= 4 is 33.2 Å². The van der Waals surface area contributed by atoms with Crippen LogP contribution in [0, 0.1) is 5.41 Å². The molecule has 2 rings (SSSR count). The monoisotopic (exact) mass is 264 g/mol. The van der Waals surface area contributed by atoms with Gasteiger partial charge in [-0.15, -0.1) is 11.3 Å². The Balaban J connectivity index is 2.07. The average Bonchev–Trinajstić information content (AvgIpc) is 2.82. The molecule has 0 aliphatic carbocycles. The minimum absolute atomic E-state index is 0.214. The zero-order chi connectivity index (χ0) is 13.2. The predicted molar refractivity (Wildman–Crippen MR) is 73.9 cm³/mol. The number of ether oxygens (including phenoxy) is 1. The van der Waals surface area contributed by atoms with Crippen molar-refractivity contribution in [2.24, 2.45) is 5.41 Å². The van der Waals surface area contributed by atoms with Crippen LogP contribution in [0.15, 0.2) is 23.7 Å². The highest BCUT2D eigenvalue weighted by Gasteiger charge is 2.28. The fourth-order valence-electron chi connectivity index (χ4n) is 1.64. The third kappa shape index (κ3) is 2.61. The van der Waals surface area contributed by atoms with Gasteiger partial charge in [0, 0.05) is 12.2 Å². The van der Waals surface area contributed by atoms with Gasteiger partial charge in [0.15, 0.2) is 0 Å². The fraction of sp³-hybridized carbons (Fsp3) is 0.385. The number of rotatable bonds is 4. The Morgan fingerprint density at radius 3 is 3.00 bits per heavy atom. The van der Waals surface area contributed by atoms with Crippen LogP contribution in [0.1, 0.15) is 13.8 Å². The molecule has 0 atom stereocenters. The smallest absolute Gasteiger partial charge is 0.313 e. The lowest BCUT2D eigenvalue weighted by Crippen LogP contribution is -2.33. The van der Waals surface area contributed by atoms with E-state index in [2.05, 4.69) is 10.3 Å². The van der Waals surface area contributed by atoms with Crippen molar-refractivity contribution in [3.63, 3.8) is 0 Å². The Kier molecular flexibility index (Phi) is 3.52.